The lowest BCUT2D eigenvalue weighted by Crippen LogP contribution is -2.41. The summed E-state index contributed by atoms with van der Waals surface area (Å²) in [6.07, 6.45) is 3.88. The van der Waals surface area contributed by atoms with Crippen LogP contribution in [0.5, 0.6) is 0 Å². The van der Waals surface area contributed by atoms with E-state index in [9.17, 15) is 10.1 Å². The highest BCUT2D eigenvalue weighted by Crippen LogP contribution is 2.28. The van der Waals surface area contributed by atoms with Crippen molar-refractivity contribution >= 4 is 22.6 Å². The highest BCUT2D eigenvalue weighted by atomic mass is 16.2. The number of hydrogen-bond donors (Lipinski definition) is 1. The molecule has 1 aliphatic heterocycles. The largest absolute Gasteiger partial charge is 0.355 e. The molecule has 4 rings (SSSR count). The van der Waals surface area contributed by atoms with E-state index >= 15 is 0 Å². The van der Waals surface area contributed by atoms with Gasteiger partial charge in [0, 0.05) is 30.4 Å². The molecule has 1 aromatic carbocycles. The number of anilines is 1. The molecule has 24 heavy (non-hydrogen) atoms. The van der Waals surface area contributed by atoms with Crippen molar-refractivity contribution in [2.45, 2.75) is 31.7 Å². The van der Waals surface area contributed by atoms with Crippen molar-refractivity contribution in [1.82, 2.24) is 10.3 Å². The lowest BCUT2D eigenvalue weighted by molar-refractivity contribution is -0.125. The van der Waals surface area contributed by atoms with Gasteiger partial charge in [0.2, 0.25) is 5.91 Å². The Balaban J connectivity index is 1.51. The molecule has 1 aromatic heterocycles. The van der Waals surface area contributed by atoms with Crippen molar-refractivity contribution in [3.05, 3.63) is 35.9 Å². The second kappa shape index (κ2) is 6.12. The molecule has 0 bridgehead atoms. The van der Waals surface area contributed by atoms with Crippen LogP contribution in [0.4, 0.5) is 5.82 Å². The molecule has 1 aliphatic carbocycles. The Labute approximate surface area is 141 Å². The first-order valence-corrected chi connectivity index (χ1v) is 8.60. The summed E-state index contributed by atoms with van der Waals surface area (Å²) >= 11 is 0. The third-order valence-corrected chi connectivity index (χ3v) is 4.91. The molecule has 2 aromatic rings. The maximum absolute atomic E-state index is 12.2. The van der Waals surface area contributed by atoms with Gasteiger partial charge in [-0.25, -0.2) is 4.98 Å². The Morgan fingerprint density at radius 2 is 1.96 bits per heavy atom. The van der Waals surface area contributed by atoms with Gasteiger partial charge in [0.15, 0.2) is 0 Å². The van der Waals surface area contributed by atoms with Crippen LogP contribution in [-0.2, 0) is 4.79 Å². The van der Waals surface area contributed by atoms with Crippen LogP contribution in [0.1, 0.15) is 31.2 Å². The highest BCUT2D eigenvalue weighted by Gasteiger charge is 2.30. The summed E-state index contributed by atoms with van der Waals surface area (Å²) < 4.78 is 0. The molecule has 1 N–H and O–H groups in total. The Hall–Kier alpha value is -2.61. The normalized spacial score (nSPS) is 18.4. The summed E-state index contributed by atoms with van der Waals surface area (Å²) in [5, 5.41) is 13.6. The number of piperidine rings is 1. The number of amides is 1. The molecule has 5 heteroatoms. The van der Waals surface area contributed by atoms with Crippen molar-refractivity contribution in [2.75, 3.05) is 18.0 Å². The number of nitriles is 1. The van der Waals surface area contributed by atoms with Gasteiger partial charge in [-0.05, 0) is 37.8 Å². The molecular formula is C19H20N4O. The quantitative estimate of drug-likeness (QED) is 0.944. The zero-order chi connectivity index (χ0) is 16.5. The van der Waals surface area contributed by atoms with Crippen LogP contribution < -0.4 is 10.2 Å². The highest BCUT2D eigenvalue weighted by molar-refractivity contribution is 5.83. The fourth-order valence-electron chi connectivity index (χ4n) is 3.33. The van der Waals surface area contributed by atoms with Crippen LogP contribution in [0.3, 0.4) is 0 Å². The first kappa shape index (κ1) is 14.9. The molecule has 5 nitrogen and oxygen atoms in total. The number of carbonyl (C=O) groups is 1. The molecule has 0 spiro atoms. The third kappa shape index (κ3) is 2.92. The molecule has 1 saturated heterocycles. The molecule has 2 fully saturated rings. The third-order valence-electron chi connectivity index (χ3n) is 4.91. The fourth-order valence-corrected chi connectivity index (χ4v) is 3.33. The van der Waals surface area contributed by atoms with Crippen LogP contribution in [0.2, 0.25) is 0 Å². The molecular weight excluding hydrogens is 300 g/mol. The molecule has 2 aliphatic rings. The van der Waals surface area contributed by atoms with E-state index in [1.165, 1.54) is 0 Å². The standard InChI is InChI=1S/C19H20N4O/c20-12-15-11-14-3-1-2-4-17(14)22-18(15)23-9-7-13(8-10-23)19(24)21-16-5-6-16/h1-4,11,13,16H,5-10H2,(H,21,24). The Morgan fingerprint density at radius 1 is 1.21 bits per heavy atom. The van der Waals surface area contributed by atoms with E-state index in [-0.39, 0.29) is 11.8 Å². The molecule has 1 amide bonds. The first-order chi connectivity index (χ1) is 11.7. The minimum atomic E-state index is 0.0906. The second-order valence-corrected chi connectivity index (χ2v) is 6.71. The summed E-state index contributed by atoms with van der Waals surface area (Å²) in [5.41, 5.74) is 1.51. The zero-order valence-corrected chi connectivity index (χ0v) is 13.5. The van der Waals surface area contributed by atoms with Crippen molar-refractivity contribution in [3.63, 3.8) is 0 Å². The van der Waals surface area contributed by atoms with Gasteiger partial charge in [-0.1, -0.05) is 18.2 Å². The van der Waals surface area contributed by atoms with Crippen molar-refractivity contribution < 1.29 is 4.79 Å². The number of rotatable bonds is 3. The van der Waals surface area contributed by atoms with Crippen LogP contribution in [0.25, 0.3) is 10.9 Å². The smallest absolute Gasteiger partial charge is 0.223 e. The number of fused-ring (bicyclic) bond motifs is 1. The molecule has 2 heterocycles. The van der Waals surface area contributed by atoms with Gasteiger partial charge in [0.1, 0.15) is 11.9 Å². The average molecular weight is 320 g/mol. The lowest BCUT2D eigenvalue weighted by Gasteiger charge is -2.32. The number of para-hydroxylation sites is 1. The van der Waals surface area contributed by atoms with E-state index in [2.05, 4.69) is 16.3 Å². The van der Waals surface area contributed by atoms with Gasteiger partial charge in [0.25, 0.3) is 0 Å². The van der Waals surface area contributed by atoms with Gasteiger partial charge in [0.05, 0.1) is 11.1 Å². The number of nitrogens with zero attached hydrogens (tertiary/aromatic N) is 3. The molecule has 0 radical (unpaired) electrons. The Bertz CT molecular complexity index is 814. The number of nitrogens with one attached hydrogen (secondary N) is 1. The van der Waals surface area contributed by atoms with Gasteiger partial charge in [-0.2, -0.15) is 5.26 Å². The zero-order valence-electron chi connectivity index (χ0n) is 13.5. The fraction of sp³-hybridized carbons (Fsp3) is 0.421. The first-order valence-electron chi connectivity index (χ1n) is 8.60. The Morgan fingerprint density at radius 3 is 2.67 bits per heavy atom. The van der Waals surface area contributed by atoms with Gasteiger partial charge >= 0.3 is 0 Å². The van der Waals surface area contributed by atoms with E-state index in [4.69, 9.17) is 4.98 Å². The molecule has 122 valence electrons. The second-order valence-electron chi connectivity index (χ2n) is 6.71. The van der Waals surface area contributed by atoms with Crippen LogP contribution in [-0.4, -0.2) is 30.0 Å². The van der Waals surface area contributed by atoms with Crippen molar-refractivity contribution in [2.24, 2.45) is 5.92 Å². The topological polar surface area (TPSA) is 69.0 Å². The van der Waals surface area contributed by atoms with E-state index in [1.54, 1.807) is 0 Å². The van der Waals surface area contributed by atoms with E-state index in [0.717, 1.165) is 55.5 Å². The van der Waals surface area contributed by atoms with Gasteiger partial charge in [-0.15, -0.1) is 0 Å². The number of pyridine rings is 1. The van der Waals surface area contributed by atoms with Crippen LogP contribution >= 0.6 is 0 Å². The van der Waals surface area contributed by atoms with Gasteiger partial charge in [-0.3, -0.25) is 4.79 Å². The Kier molecular flexibility index (Phi) is 3.81. The number of carbonyl (C=O) groups excluding carboxylic acids is 1. The van der Waals surface area contributed by atoms with E-state index in [0.29, 0.717) is 11.6 Å². The van der Waals surface area contributed by atoms with Crippen LogP contribution in [0.15, 0.2) is 30.3 Å². The number of hydrogen-bond acceptors (Lipinski definition) is 4. The predicted octanol–water partition coefficient (Wildman–Crippen LogP) is 2.60. The summed E-state index contributed by atoms with van der Waals surface area (Å²) in [7, 11) is 0. The average Bonchev–Trinajstić information content (AvgIpc) is 3.44. The maximum Gasteiger partial charge on any atom is 0.223 e. The lowest BCUT2D eigenvalue weighted by atomic mass is 9.95. The maximum atomic E-state index is 12.2. The number of benzene rings is 1. The molecule has 0 atom stereocenters. The summed E-state index contributed by atoms with van der Waals surface area (Å²) in [6, 6.07) is 12.4. The van der Waals surface area contributed by atoms with E-state index in [1.807, 2.05) is 30.3 Å². The van der Waals surface area contributed by atoms with Crippen molar-refractivity contribution in [1.29, 1.82) is 5.26 Å². The SMILES string of the molecule is N#Cc1cc2ccccc2nc1N1CCC(C(=O)NC2CC2)CC1. The summed E-state index contributed by atoms with van der Waals surface area (Å²) in [4.78, 5) is 19.0. The van der Waals surface area contributed by atoms with Crippen LogP contribution in [0, 0.1) is 17.2 Å². The molecule has 1 saturated carbocycles. The molecule has 0 unspecified atom stereocenters. The monoisotopic (exact) mass is 320 g/mol. The minimum Gasteiger partial charge on any atom is -0.355 e. The summed E-state index contributed by atoms with van der Waals surface area (Å²) in [6.45, 7) is 1.53. The van der Waals surface area contributed by atoms with Gasteiger partial charge < -0.3 is 10.2 Å². The summed E-state index contributed by atoms with van der Waals surface area (Å²) in [5.74, 6) is 1.04. The van der Waals surface area contributed by atoms with Crippen molar-refractivity contribution in [3.8, 4) is 6.07 Å². The predicted molar refractivity (Wildman–Crippen MR) is 92.6 cm³/mol. The number of aromatic nitrogens is 1. The minimum absolute atomic E-state index is 0.0906. The van der Waals surface area contributed by atoms with E-state index < -0.39 is 0 Å².